The number of carbonyl (C=O) groups is 2. The van der Waals surface area contributed by atoms with Gasteiger partial charge in [0, 0.05) is 16.6 Å². The minimum absolute atomic E-state index is 0.0149. The highest BCUT2D eigenvalue weighted by Crippen LogP contribution is 2.33. The Kier molecular flexibility index (Phi) is 5.64. The Morgan fingerprint density at radius 1 is 1.07 bits per heavy atom. The lowest BCUT2D eigenvalue weighted by atomic mass is 10.1. The van der Waals surface area contributed by atoms with E-state index in [0.29, 0.717) is 5.75 Å². The predicted octanol–water partition coefficient (Wildman–Crippen LogP) is 4.51. The number of aromatic carboxylic acids is 1. The van der Waals surface area contributed by atoms with E-state index in [9.17, 15) is 14.7 Å². The molecule has 0 saturated carbocycles. The Bertz CT molecular complexity index is 1080. The van der Waals surface area contributed by atoms with Crippen molar-refractivity contribution in [3.05, 3.63) is 64.8 Å². The summed E-state index contributed by atoms with van der Waals surface area (Å²) >= 11 is 0. The standard InChI is InChI=1S/C23H25NO5/c1-13-14(2)24(21-10-9-18(22(25)26)12-20(13)21)15(3)17-7-6-8-19(11-17)29-16(4)23(27)28-5/h6-12,15-16H,1-5H3,(H,25,26). The Morgan fingerprint density at radius 3 is 2.45 bits per heavy atom. The van der Waals surface area contributed by atoms with Gasteiger partial charge in [-0.25, -0.2) is 9.59 Å². The monoisotopic (exact) mass is 395 g/mol. The molecule has 2 atom stereocenters. The summed E-state index contributed by atoms with van der Waals surface area (Å²) in [4.78, 5) is 23.0. The smallest absolute Gasteiger partial charge is 0.346 e. The summed E-state index contributed by atoms with van der Waals surface area (Å²) in [5.41, 5.74) is 4.40. The molecule has 0 aliphatic heterocycles. The number of aromatic nitrogens is 1. The number of hydrogen-bond donors (Lipinski definition) is 1. The molecule has 0 radical (unpaired) electrons. The summed E-state index contributed by atoms with van der Waals surface area (Å²) in [6.07, 6.45) is -0.698. The third-order valence-electron chi connectivity index (χ3n) is 5.38. The molecule has 0 spiro atoms. The van der Waals surface area contributed by atoms with Gasteiger partial charge in [-0.3, -0.25) is 0 Å². The maximum absolute atomic E-state index is 11.6. The van der Waals surface area contributed by atoms with Crippen molar-refractivity contribution < 1.29 is 24.2 Å². The summed E-state index contributed by atoms with van der Waals surface area (Å²) in [7, 11) is 1.33. The number of rotatable bonds is 6. The number of carbonyl (C=O) groups excluding carboxylic acids is 1. The zero-order chi connectivity index (χ0) is 21.3. The van der Waals surface area contributed by atoms with E-state index < -0.39 is 18.0 Å². The van der Waals surface area contributed by atoms with Gasteiger partial charge in [0.2, 0.25) is 0 Å². The van der Waals surface area contributed by atoms with Gasteiger partial charge in [0.25, 0.3) is 0 Å². The Morgan fingerprint density at radius 2 is 1.79 bits per heavy atom. The van der Waals surface area contributed by atoms with Crippen molar-refractivity contribution in [2.45, 2.75) is 39.8 Å². The Balaban J connectivity index is 2.01. The van der Waals surface area contributed by atoms with Crippen molar-refractivity contribution in [3.63, 3.8) is 0 Å². The van der Waals surface area contributed by atoms with Crippen LogP contribution in [-0.2, 0) is 9.53 Å². The van der Waals surface area contributed by atoms with Crippen molar-refractivity contribution in [3.8, 4) is 5.75 Å². The molecule has 0 amide bonds. The van der Waals surface area contributed by atoms with Crippen molar-refractivity contribution >= 4 is 22.8 Å². The molecule has 3 aromatic rings. The molecular weight excluding hydrogens is 370 g/mol. The van der Waals surface area contributed by atoms with Gasteiger partial charge in [-0.1, -0.05) is 12.1 Å². The van der Waals surface area contributed by atoms with E-state index in [4.69, 9.17) is 9.47 Å². The summed E-state index contributed by atoms with van der Waals surface area (Å²) in [6.45, 7) is 7.77. The van der Waals surface area contributed by atoms with Gasteiger partial charge < -0.3 is 19.1 Å². The van der Waals surface area contributed by atoms with Gasteiger partial charge in [-0.15, -0.1) is 0 Å². The van der Waals surface area contributed by atoms with Crippen molar-refractivity contribution in [1.82, 2.24) is 4.57 Å². The van der Waals surface area contributed by atoms with E-state index in [1.165, 1.54) is 7.11 Å². The summed E-state index contributed by atoms with van der Waals surface area (Å²) in [5, 5.41) is 10.2. The van der Waals surface area contributed by atoms with Crippen LogP contribution in [0.25, 0.3) is 10.9 Å². The van der Waals surface area contributed by atoms with Crippen LogP contribution in [0.4, 0.5) is 0 Å². The minimum Gasteiger partial charge on any atom is -0.479 e. The second-order valence-electron chi connectivity index (χ2n) is 7.15. The van der Waals surface area contributed by atoms with Crippen LogP contribution >= 0.6 is 0 Å². The third kappa shape index (κ3) is 3.83. The van der Waals surface area contributed by atoms with E-state index in [2.05, 4.69) is 11.5 Å². The van der Waals surface area contributed by atoms with Crippen LogP contribution < -0.4 is 4.74 Å². The van der Waals surface area contributed by atoms with E-state index in [0.717, 1.165) is 27.7 Å². The lowest BCUT2D eigenvalue weighted by Gasteiger charge is -2.20. The maximum Gasteiger partial charge on any atom is 0.346 e. The minimum atomic E-state index is -0.936. The van der Waals surface area contributed by atoms with E-state index in [1.807, 2.05) is 38.1 Å². The lowest BCUT2D eigenvalue weighted by molar-refractivity contribution is -0.147. The topological polar surface area (TPSA) is 77.8 Å². The number of nitrogens with zero attached hydrogens (tertiary/aromatic N) is 1. The second-order valence-corrected chi connectivity index (χ2v) is 7.15. The Labute approximate surface area is 169 Å². The van der Waals surface area contributed by atoms with E-state index in [-0.39, 0.29) is 11.6 Å². The molecule has 2 aromatic carbocycles. The van der Waals surface area contributed by atoms with Gasteiger partial charge in [0.05, 0.1) is 18.7 Å². The number of ether oxygens (including phenoxy) is 2. The van der Waals surface area contributed by atoms with Crippen LogP contribution in [0.15, 0.2) is 42.5 Å². The number of aryl methyl sites for hydroxylation is 1. The van der Waals surface area contributed by atoms with Crippen LogP contribution in [0.5, 0.6) is 5.75 Å². The summed E-state index contributed by atoms with van der Waals surface area (Å²) < 4.78 is 12.6. The van der Waals surface area contributed by atoms with Crippen molar-refractivity contribution in [1.29, 1.82) is 0 Å². The SMILES string of the molecule is COC(=O)C(C)Oc1cccc(C(C)n2c(C)c(C)c3cc(C(=O)O)ccc32)c1. The third-order valence-corrected chi connectivity index (χ3v) is 5.38. The van der Waals surface area contributed by atoms with Crippen molar-refractivity contribution in [2.75, 3.05) is 7.11 Å². The van der Waals surface area contributed by atoms with Crippen LogP contribution in [0.1, 0.15) is 47.1 Å². The molecule has 6 heteroatoms. The molecule has 0 aliphatic rings. The number of carboxylic acids is 1. The largest absolute Gasteiger partial charge is 0.479 e. The average molecular weight is 395 g/mol. The molecule has 1 heterocycles. The first-order valence-corrected chi connectivity index (χ1v) is 9.43. The highest BCUT2D eigenvalue weighted by molar-refractivity contribution is 5.95. The summed E-state index contributed by atoms with van der Waals surface area (Å²) in [5.74, 6) is -0.777. The number of methoxy groups -OCH3 is 1. The molecule has 0 saturated heterocycles. The zero-order valence-electron chi connectivity index (χ0n) is 17.2. The first kappa shape index (κ1) is 20.5. The molecule has 2 unspecified atom stereocenters. The molecule has 0 bridgehead atoms. The fraction of sp³-hybridized carbons (Fsp3) is 0.304. The van der Waals surface area contributed by atoms with Crippen LogP contribution in [0.2, 0.25) is 0 Å². The van der Waals surface area contributed by atoms with Crippen LogP contribution in [-0.4, -0.2) is 34.8 Å². The van der Waals surface area contributed by atoms with Crippen LogP contribution in [0.3, 0.4) is 0 Å². The number of benzene rings is 2. The molecule has 29 heavy (non-hydrogen) atoms. The first-order valence-electron chi connectivity index (χ1n) is 9.43. The number of hydrogen-bond acceptors (Lipinski definition) is 4. The number of esters is 1. The van der Waals surface area contributed by atoms with Gasteiger partial charge in [-0.2, -0.15) is 0 Å². The van der Waals surface area contributed by atoms with Gasteiger partial charge in [-0.05, 0) is 69.2 Å². The molecule has 1 N–H and O–H groups in total. The number of carboxylic acid groups (broad SMARTS) is 1. The second kappa shape index (κ2) is 7.99. The van der Waals surface area contributed by atoms with Gasteiger partial charge >= 0.3 is 11.9 Å². The average Bonchev–Trinajstić information content (AvgIpc) is 2.96. The molecule has 152 valence electrons. The molecule has 0 aliphatic carbocycles. The van der Waals surface area contributed by atoms with Crippen molar-refractivity contribution in [2.24, 2.45) is 0 Å². The first-order chi connectivity index (χ1) is 13.7. The zero-order valence-corrected chi connectivity index (χ0v) is 17.2. The fourth-order valence-electron chi connectivity index (χ4n) is 3.65. The molecule has 1 aromatic heterocycles. The van der Waals surface area contributed by atoms with E-state index >= 15 is 0 Å². The predicted molar refractivity (Wildman–Crippen MR) is 111 cm³/mol. The molecular formula is C23H25NO5. The summed E-state index contributed by atoms with van der Waals surface area (Å²) in [6, 6.07) is 12.8. The molecule has 3 rings (SSSR count). The highest BCUT2D eigenvalue weighted by atomic mass is 16.6. The van der Waals surface area contributed by atoms with Crippen LogP contribution in [0, 0.1) is 13.8 Å². The lowest BCUT2D eigenvalue weighted by Crippen LogP contribution is -2.25. The van der Waals surface area contributed by atoms with Gasteiger partial charge in [0.1, 0.15) is 5.75 Å². The molecule has 6 nitrogen and oxygen atoms in total. The quantitative estimate of drug-likeness (QED) is 0.622. The Hall–Kier alpha value is -3.28. The fourth-order valence-corrected chi connectivity index (χ4v) is 3.65. The number of fused-ring (bicyclic) bond motifs is 1. The molecule has 0 fully saturated rings. The van der Waals surface area contributed by atoms with Gasteiger partial charge in [0.15, 0.2) is 6.10 Å². The normalized spacial score (nSPS) is 13.1. The highest BCUT2D eigenvalue weighted by Gasteiger charge is 2.20. The van der Waals surface area contributed by atoms with E-state index in [1.54, 1.807) is 25.1 Å². The maximum atomic E-state index is 11.6.